The van der Waals surface area contributed by atoms with Crippen LogP contribution >= 0.6 is 11.3 Å². The summed E-state index contributed by atoms with van der Waals surface area (Å²) < 4.78 is 10.6. The van der Waals surface area contributed by atoms with Gasteiger partial charge in [-0.15, -0.1) is 11.3 Å². The van der Waals surface area contributed by atoms with E-state index in [1.165, 1.54) is 0 Å². The summed E-state index contributed by atoms with van der Waals surface area (Å²) in [7, 11) is 1.65. The number of ether oxygens (including phenoxy) is 1. The van der Waals surface area contributed by atoms with Crippen LogP contribution in [-0.2, 0) is 24.3 Å². The molecule has 2 heterocycles. The Bertz CT molecular complexity index is 852. The molecule has 0 aliphatic carbocycles. The van der Waals surface area contributed by atoms with E-state index in [0.717, 1.165) is 27.4 Å². The molecule has 3 aromatic rings. The monoisotopic (exact) mass is 370 g/mol. The molecule has 1 aromatic carbocycles. The molecule has 0 atom stereocenters. The zero-order valence-corrected chi connectivity index (χ0v) is 16.0. The van der Waals surface area contributed by atoms with Gasteiger partial charge in [0.2, 0.25) is 5.91 Å². The van der Waals surface area contributed by atoms with Gasteiger partial charge in [-0.3, -0.25) is 4.79 Å². The second-order valence-electron chi connectivity index (χ2n) is 6.12. The van der Waals surface area contributed by atoms with Crippen molar-refractivity contribution < 1.29 is 14.1 Å². The number of hydrogen-bond donors (Lipinski definition) is 0. The van der Waals surface area contributed by atoms with Crippen molar-refractivity contribution >= 4 is 17.2 Å². The lowest BCUT2D eigenvalue weighted by Gasteiger charge is -2.23. The highest BCUT2D eigenvalue weighted by Crippen LogP contribution is 2.23. The number of carbonyl (C=O) groups is 1. The van der Waals surface area contributed by atoms with E-state index in [-0.39, 0.29) is 12.3 Å². The Labute approximate surface area is 157 Å². The fraction of sp³-hybridized carbons (Fsp3) is 0.300. The first-order valence-corrected chi connectivity index (χ1v) is 9.30. The standard InChI is InChI=1S/C20H22N2O3S/c1-14-18(15(2)25-21-14)11-20(23)22(13-17-8-6-10-26-17)12-16-7-4-5-9-19(16)24-3/h4-10H,11-13H2,1-3H3. The van der Waals surface area contributed by atoms with Crippen molar-refractivity contribution in [3.63, 3.8) is 0 Å². The molecule has 0 bridgehead atoms. The minimum absolute atomic E-state index is 0.0405. The van der Waals surface area contributed by atoms with E-state index >= 15 is 0 Å². The Morgan fingerprint density at radius 3 is 2.65 bits per heavy atom. The Morgan fingerprint density at radius 2 is 2.00 bits per heavy atom. The van der Waals surface area contributed by atoms with Gasteiger partial charge in [-0.2, -0.15) is 0 Å². The highest BCUT2D eigenvalue weighted by Gasteiger charge is 2.21. The highest BCUT2D eigenvalue weighted by molar-refractivity contribution is 7.09. The first-order valence-electron chi connectivity index (χ1n) is 8.42. The van der Waals surface area contributed by atoms with Crippen LogP contribution in [0.1, 0.15) is 27.5 Å². The zero-order valence-electron chi connectivity index (χ0n) is 15.2. The first kappa shape index (κ1) is 18.2. The SMILES string of the molecule is COc1ccccc1CN(Cc1cccs1)C(=O)Cc1c(C)noc1C. The number of nitrogens with zero attached hydrogens (tertiary/aromatic N) is 2. The zero-order chi connectivity index (χ0) is 18.5. The third kappa shape index (κ3) is 4.14. The molecule has 1 amide bonds. The molecule has 26 heavy (non-hydrogen) atoms. The summed E-state index contributed by atoms with van der Waals surface area (Å²) in [5.41, 5.74) is 2.62. The number of amides is 1. The second-order valence-corrected chi connectivity index (χ2v) is 7.15. The third-order valence-corrected chi connectivity index (χ3v) is 5.20. The largest absolute Gasteiger partial charge is 0.496 e. The lowest BCUT2D eigenvalue weighted by molar-refractivity contribution is -0.131. The number of thiophene rings is 1. The Hall–Kier alpha value is -2.60. The molecule has 0 aliphatic rings. The number of para-hydroxylation sites is 1. The van der Waals surface area contributed by atoms with Gasteiger partial charge in [0.25, 0.3) is 0 Å². The van der Waals surface area contributed by atoms with Crippen LogP contribution in [0.25, 0.3) is 0 Å². The summed E-state index contributed by atoms with van der Waals surface area (Å²) in [6.45, 7) is 4.76. The van der Waals surface area contributed by atoms with E-state index in [1.54, 1.807) is 18.4 Å². The first-order chi connectivity index (χ1) is 12.6. The number of benzene rings is 1. The van der Waals surface area contributed by atoms with Crippen molar-refractivity contribution in [3.8, 4) is 5.75 Å². The van der Waals surface area contributed by atoms with Gasteiger partial charge in [-0.05, 0) is 31.4 Å². The molecule has 5 nitrogen and oxygen atoms in total. The predicted octanol–water partition coefficient (Wildman–Crippen LogP) is 4.13. The Balaban J connectivity index is 1.84. The second kappa shape index (κ2) is 8.19. The lowest BCUT2D eigenvalue weighted by atomic mass is 10.1. The van der Waals surface area contributed by atoms with Gasteiger partial charge >= 0.3 is 0 Å². The van der Waals surface area contributed by atoms with Crippen LogP contribution in [0.15, 0.2) is 46.3 Å². The van der Waals surface area contributed by atoms with Crippen molar-refractivity contribution in [2.24, 2.45) is 0 Å². The van der Waals surface area contributed by atoms with Gasteiger partial charge in [0, 0.05) is 22.5 Å². The van der Waals surface area contributed by atoms with Crippen LogP contribution in [0.2, 0.25) is 0 Å². The molecule has 0 N–H and O–H groups in total. The van der Waals surface area contributed by atoms with E-state index in [1.807, 2.05) is 60.5 Å². The summed E-state index contributed by atoms with van der Waals surface area (Å²) >= 11 is 1.65. The minimum atomic E-state index is 0.0405. The molecule has 0 fully saturated rings. The average Bonchev–Trinajstić information content (AvgIpc) is 3.26. The number of rotatable bonds is 7. The van der Waals surface area contributed by atoms with Crippen LogP contribution in [0, 0.1) is 13.8 Å². The van der Waals surface area contributed by atoms with Crippen LogP contribution in [0.5, 0.6) is 5.75 Å². The normalized spacial score (nSPS) is 10.7. The molecular formula is C20H22N2O3S. The molecule has 0 aliphatic heterocycles. The molecule has 0 saturated heterocycles. The van der Waals surface area contributed by atoms with Crippen molar-refractivity contribution in [1.29, 1.82) is 0 Å². The van der Waals surface area contributed by atoms with Gasteiger partial charge in [0.05, 0.1) is 25.8 Å². The summed E-state index contributed by atoms with van der Waals surface area (Å²) in [6, 6.07) is 11.8. The maximum Gasteiger partial charge on any atom is 0.227 e. The van der Waals surface area contributed by atoms with E-state index in [9.17, 15) is 4.79 Å². The summed E-state index contributed by atoms with van der Waals surface area (Å²) in [5, 5.41) is 5.98. The summed E-state index contributed by atoms with van der Waals surface area (Å²) in [6.07, 6.45) is 0.279. The van der Waals surface area contributed by atoms with Gasteiger partial charge in [-0.25, -0.2) is 0 Å². The molecule has 3 rings (SSSR count). The van der Waals surface area contributed by atoms with Crippen molar-refractivity contribution in [1.82, 2.24) is 10.1 Å². The molecule has 2 aromatic heterocycles. The van der Waals surface area contributed by atoms with Crippen molar-refractivity contribution in [2.75, 3.05) is 7.11 Å². The molecule has 0 spiro atoms. The Morgan fingerprint density at radius 1 is 1.19 bits per heavy atom. The lowest BCUT2D eigenvalue weighted by Crippen LogP contribution is -2.31. The predicted molar refractivity (Wildman–Crippen MR) is 101 cm³/mol. The number of methoxy groups -OCH3 is 1. The van der Waals surface area contributed by atoms with E-state index < -0.39 is 0 Å². The molecule has 136 valence electrons. The van der Waals surface area contributed by atoms with E-state index in [2.05, 4.69) is 5.16 Å². The summed E-state index contributed by atoms with van der Waals surface area (Å²) in [5.74, 6) is 1.52. The van der Waals surface area contributed by atoms with Gasteiger partial charge in [-0.1, -0.05) is 29.4 Å². The van der Waals surface area contributed by atoms with Crippen LogP contribution in [-0.4, -0.2) is 23.1 Å². The minimum Gasteiger partial charge on any atom is -0.496 e. The fourth-order valence-electron chi connectivity index (χ4n) is 2.88. The summed E-state index contributed by atoms with van der Waals surface area (Å²) in [4.78, 5) is 16.1. The Kier molecular flexibility index (Phi) is 5.73. The molecule has 6 heteroatoms. The number of aryl methyl sites for hydroxylation is 2. The number of hydrogen-bond acceptors (Lipinski definition) is 5. The van der Waals surface area contributed by atoms with Crippen LogP contribution in [0.3, 0.4) is 0 Å². The van der Waals surface area contributed by atoms with E-state index in [4.69, 9.17) is 9.26 Å². The molecule has 0 saturated carbocycles. The fourth-order valence-corrected chi connectivity index (χ4v) is 3.60. The number of carbonyl (C=O) groups excluding carboxylic acids is 1. The van der Waals surface area contributed by atoms with E-state index in [0.29, 0.717) is 18.8 Å². The van der Waals surface area contributed by atoms with Crippen molar-refractivity contribution in [3.05, 3.63) is 69.2 Å². The molecule has 0 unspecified atom stereocenters. The number of aromatic nitrogens is 1. The molecule has 0 radical (unpaired) electrons. The highest BCUT2D eigenvalue weighted by atomic mass is 32.1. The smallest absolute Gasteiger partial charge is 0.227 e. The third-order valence-electron chi connectivity index (χ3n) is 4.34. The van der Waals surface area contributed by atoms with Gasteiger partial charge in [0.1, 0.15) is 11.5 Å². The topological polar surface area (TPSA) is 55.6 Å². The van der Waals surface area contributed by atoms with Crippen molar-refractivity contribution in [2.45, 2.75) is 33.4 Å². The van der Waals surface area contributed by atoms with Gasteiger partial charge in [0.15, 0.2) is 0 Å². The maximum atomic E-state index is 13.1. The average molecular weight is 370 g/mol. The van der Waals surface area contributed by atoms with Crippen LogP contribution < -0.4 is 4.74 Å². The quantitative estimate of drug-likeness (QED) is 0.627. The maximum absolute atomic E-state index is 13.1. The van der Waals surface area contributed by atoms with Gasteiger partial charge < -0.3 is 14.2 Å². The molecular weight excluding hydrogens is 348 g/mol. The van der Waals surface area contributed by atoms with Crippen LogP contribution in [0.4, 0.5) is 0 Å².